The average Bonchev–Trinajstić information content (AvgIpc) is 2.80. The van der Waals surface area contributed by atoms with Crippen LogP contribution in [0, 0.1) is 13.8 Å². The fraction of sp³-hybridized carbons (Fsp3) is 0.185. The molecule has 0 radical (unpaired) electrons. The zero-order valence-electron chi connectivity index (χ0n) is 20.0. The molecule has 3 aromatic carbocycles. The van der Waals surface area contributed by atoms with Crippen LogP contribution in [-0.2, 0) is 4.79 Å². The van der Waals surface area contributed by atoms with Crippen molar-refractivity contribution in [2.45, 2.75) is 34.1 Å². The van der Waals surface area contributed by atoms with E-state index in [1.807, 2.05) is 50.2 Å². The lowest BCUT2D eigenvalue weighted by atomic mass is 10.1. The Morgan fingerprint density at radius 3 is 2.29 bits per heavy atom. The molecule has 0 fully saturated rings. The Hall–Kier alpha value is -3.97. The number of rotatable bonds is 9. The first kappa shape index (κ1) is 25.6. The number of nitrogens with one attached hydrogen (secondary N) is 3. The number of aliphatic hydroxyl groups is 1. The van der Waals surface area contributed by atoms with E-state index in [9.17, 15) is 14.7 Å². The third kappa shape index (κ3) is 7.01. The molecule has 3 rings (SSSR count). The third-order valence-electron chi connectivity index (χ3n) is 5.09. The number of hydrogen-bond acceptors (Lipinski definition) is 6. The van der Waals surface area contributed by atoms with Crippen molar-refractivity contribution in [1.29, 1.82) is 0 Å². The maximum absolute atomic E-state index is 12.8. The highest BCUT2D eigenvalue weighted by Gasteiger charge is 2.13. The van der Waals surface area contributed by atoms with Crippen molar-refractivity contribution in [3.8, 4) is 11.5 Å². The first-order valence-corrected chi connectivity index (χ1v) is 11.5. The Kier molecular flexibility index (Phi) is 8.39. The van der Waals surface area contributed by atoms with E-state index >= 15 is 0 Å². The van der Waals surface area contributed by atoms with E-state index in [-0.39, 0.29) is 28.2 Å². The van der Waals surface area contributed by atoms with Crippen molar-refractivity contribution in [1.82, 2.24) is 5.43 Å². The van der Waals surface area contributed by atoms with Gasteiger partial charge in [0, 0.05) is 30.7 Å². The number of allylic oxidation sites excluding steroid dienone is 2. The molecule has 7 nitrogen and oxygen atoms in total. The lowest BCUT2D eigenvalue weighted by Gasteiger charge is -2.15. The van der Waals surface area contributed by atoms with Crippen LogP contribution in [0.25, 0.3) is 0 Å². The molecule has 182 valence electrons. The molecule has 1 amide bonds. The van der Waals surface area contributed by atoms with Gasteiger partial charge in [-0.05, 0) is 61.9 Å². The second-order valence-corrected chi connectivity index (χ2v) is 8.49. The summed E-state index contributed by atoms with van der Waals surface area (Å²) in [7, 11) is 0. The molecule has 0 aliphatic carbocycles. The van der Waals surface area contributed by atoms with Gasteiger partial charge in [0.25, 0.3) is 5.91 Å². The highest BCUT2D eigenvalue weighted by molar-refractivity contribution is 6.33. The molecule has 4 N–H and O–H groups in total. The molecule has 8 heteroatoms. The van der Waals surface area contributed by atoms with Crippen LogP contribution in [0.15, 0.2) is 72.1 Å². The van der Waals surface area contributed by atoms with Gasteiger partial charge in [-0.25, -0.2) is 0 Å². The summed E-state index contributed by atoms with van der Waals surface area (Å²) in [5, 5.41) is 13.0. The zero-order chi connectivity index (χ0) is 25.5. The molecule has 0 saturated heterocycles. The van der Waals surface area contributed by atoms with E-state index in [4.69, 9.17) is 16.3 Å². The number of hydrogen-bond donors (Lipinski definition) is 4. The van der Waals surface area contributed by atoms with Gasteiger partial charge in [-0.15, -0.1) is 0 Å². The van der Waals surface area contributed by atoms with Crippen molar-refractivity contribution >= 4 is 34.7 Å². The lowest BCUT2D eigenvalue weighted by molar-refractivity contribution is -0.114. The number of anilines is 2. The van der Waals surface area contributed by atoms with Gasteiger partial charge in [0.1, 0.15) is 23.0 Å². The minimum Gasteiger partial charge on any atom is -0.510 e. The molecule has 0 bridgehead atoms. The summed E-state index contributed by atoms with van der Waals surface area (Å²) in [5.74, 6) is 0.578. The maximum atomic E-state index is 12.8. The van der Waals surface area contributed by atoms with Crippen LogP contribution in [-0.4, -0.2) is 16.8 Å². The van der Waals surface area contributed by atoms with Crippen molar-refractivity contribution in [3.63, 3.8) is 0 Å². The zero-order valence-corrected chi connectivity index (χ0v) is 20.8. The van der Waals surface area contributed by atoms with Crippen molar-refractivity contribution in [2.24, 2.45) is 0 Å². The molecular formula is C27H28ClN3O4. The van der Waals surface area contributed by atoms with Gasteiger partial charge in [0.15, 0.2) is 5.78 Å². The molecule has 0 aliphatic heterocycles. The van der Waals surface area contributed by atoms with E-state index in [0.29, 0.717) is 34.9 Å². The van der Waals surface area contributed by atoms with E-state index in [2.05, 4.69) is 16.2 Å². The van der Waals surface area contributed by atoms with Crippen molar-refractivity contribution in [3.05, 3.63) is 93.8 Å². The largest absolute Gasteiger partial charge is 0.510 e. The number of ether oxygens (including phenoxy) is 1. The highest BCUT2D eigenvalue weighted by atomic mass is 35.5. The Morgan fingerprint density at radius 2 is 1.66 bits per heavy atom. The van der Waals surface area contributed by atoms with Crippen LogP contribution in [0.3, 0.4) is 0 Å². The van der Waals surface area contributed by atoms with Crippen LogP contribution in [0.2, 0.25) is 5.02 Å². The minimum absolute atomic E-state index is 0.0495. The van der Waals surface area contributed by atoms with Gasteiger partial charge in [0.2, 0.25) is 0 Å². The molecule has 0 saturated carbocycles. The maximum Gasteiger partial charge on any atom is 0.255 e. The Balaban J connectivity index is 1.71. The van der Waals surface area contributed by atoms with Gasteiger partial charge in [0.05, 0.1) is 10.7 Å². The number of Topliss-reactive ketones (excluding diaryl/α,β-unsaturated/α-hetero) is 1. The van der Waals surface area contributed by atoms with Crippen LogP contribution in [0.1, 0.15) is 41.8 Å². The highest BCUT2D eigenvalue weighted by Crippen LogP contribution is 2.28. The van der Waals surface area contributed by atoms with E-state index in [1.54, 1.807) is 25.1 Å². The van der Waals surface area contributed by atoms with Gasteiger partial charge in [-0.3, -0.25) is 20.4 Å². The van der Waals surface area contributed by atoms with E-state index in [1.165, 1.54) is 13.0 Å². The number of ketones is 1. The van der Waals surface area contributed by atoms with Crippen LogP contribution in [0.5, 0.6) is 11.5 Å². The van der Waals surface area contributed by atoms with Gasteiger partial charge in [-0.1, -0.05) is 36.2 Å². The molecule has 3 aromatic rings. The monoisotopic (exact) mass is 493 g/mol. The van der Waals surface area contributed by atoms with Crippen molar-refractivity contribution < 1.29 is 19.4 Å². The van der Waals surface area contributed by atoms with Gasteiger partial charge in [-0.2, -0.15) is 0 Å². The number of carbonyl (C=O) groups excluding carboxylic acids is 2. The summed E-state index contributed by atoms with van der Waals surface area (Å²) in [5.41, 5.74) is 8.97. The first-order chi connectivity index (χ1) is 16.7. The summed E-state index contributed by atoms with van der Waals surface area (Å²) >= 11 is 6.34. The smallest absolute Gasteiger partial charge is 0.255 e. The molecule has 0 unspecified atom stereocenters. The summed E-state index contributed by atoms with van der Waals surface area (Å²) in [6, 6.07) is 17.9. The van der Waals surface area contributed by atoms with Crippen molar-refractivity contribution in [2.75, 3.05) is 10.7 Å². The summed E-state index contributed by atoms with van der Waals surface area (Å²) in [4.78, 5) is 24.6. The Bertz CT molecular complexity index is 1270. The molecule has 35 heavy (non-hydrogen) atoms. The van der Waals surface area contributed by atoms with E-state index < -0.39 is 0 Å². The molecule has 0 atom stereocenters. The average molecular weight is 494 g/mol. The van der Waals surface area contributed by atoms with Crippen LogP contribution >= 0.6 is 11.6 Å². The standard InChI is InChI=1S/C27H28ClN3O4/c1-5-25(33)26(18(4)32)31-30-24-11-8-19(14-23(24)28)27(34)29-20-12-17(3)13-22(15-20)35-21-9-6-16(2)7-10-21/h6-15,30-31,33H,5H2,1-4H3,(H,29,34)/b26-25-. The van der Waals surface area contributed by atoms with Crippen LogP contribution in [0.4, 0.5) is 11.4 Å². The predicted molar refractivity (Wildman–Crippen MR) is 139 cm³/mol. The predicted octanol–water partition coefficient (Wildman–Crippen LogP) is 6.69. The number of hydrazine groups is 1. The lowest BCUT2D eigenvalue weighted by Crippen LogP contribution is -2.27. The fourth-order valence-electron chi connectivity index (χ4n) is 3.25. The topological polar surface area (TPSA) is 99.7 Å². The third-order valence-corrected chi connectivity index (χ3v) is 5.41. The quantitative estimate of drug-likeness (QED) is 0.150. The second kappa shape index (κ2) is 11.4. The first-order valence-electron chi connectivity index (χ1n) is 11.1. The number of carbonyl (C=O) groups is 2. The molecule has 0 aliphatic rings. The minimum atomic E-state index is -0.341. The molecule has 0 spiro atoms. The molecule has 0 heterocycles. The Morgan fingerprint density at radius 1 is 0.943 bits per heavy atom. The molecule has 0 aromatic heterocycles. The van der Waals surface area contributed by atoms with Gasteiger partial charge < -0.3 is 15.2 Å². The fourth-order valence-corrected chi connectivity index (χ4v) is 3.48. The summed E-state index contributed by atoms with van der Waals surface area (Å²) < 4.78 is 5.93. The normalized spacial score (nSPS) is 11.3. The second-order valence-electron chi connectivity index (χ2n) is 8.08. The number of aryl methyl sites for hydroxylation is 2. The summed E-state index contributed by atoms with van der Waals surface area (Å²) in [6.07, 6.45) is 0.299. The summed E-state index contributed by atoms with van der Waals surface area (Å²) in [6.45, 7) is 6.99. The number of aliphatic hydroxyl groups excluding tert-OH is 1. The van der Waals surface area contributed by atoms with Crippen LogP contribution < -0.4 is 20.9 Å². The van der Waals surface area contributed by atoms with E-state index in [0.717, 1.165) is 11.1 Å². The number of benzene rings is 3. The molecular weight excluding hydrogens is 466 g/mol. The number of halogens is 1. The van der Waals surface area contributed by atoms with Gasteiger partial charge >= 0.3 is 0 Å². The Labute approximate surface area is 209 Å². The SMILES string of the molecule is CC/C(O)=C(/NNc1ccc(C(=O)Nc2cc(C)cc(Oc3ccc(C)cc3)c2)cc1Cl)C(C)=O. The number of amides is 1.